The van der Waals surface area contributed by atoms with Gasteiger partial charge in [-0.05, 0) is 106 Å². The topological polar surface area (TPSA) is 82.5 Å². The number of rotatable bonds is 8. The monoisotopic (exact) mass is 547 g/mol. The van der Waals surface area contributed by atoms with E-state index in [1.807, 2.05) is 0 Å². The summed E-state index contributed by atoms with van der Waals surface area (Å²) in [6.07, 6.45) is 8.06. The Bertz CT molecular complexity index is 1380. The Balaban J connectivity index is 1.42. The molecule has 0 atom stereocenters. The molecule has 1 aliphatic carbocycles. The van der Waals surface area contributed by atoms with Gasteiger partial charge in [0.05, 0.1) is 11.0 Å². The van der Waals surface area contributed by atoms with Crippen LogP contribution < -0.4 is 10.9 Å². The van der Waals surface area contributed by atoms with E-state index in [-0.39, 0.29) is 23.7 Å². The molecule has 2 fully saturated rings. The fourth-order valence-electron chi connectivity index (χ4n) is 6.08. The molecule has 7 nitrogen and oxygen atoms in total. The molecule has 0 bridgehead atoms. The molecule has 1 saturated heterocycles. The van der Waals surface area contributed by atoms with E-state index < -0.39 is 5.91 Å². The van der Waals surface area contributed by atoms with E-state index in [1.54, 1.807) is 0 Å². The number of benzene rings is 2. The van der Waals surface area contributed by atoms with Gasteiger partial charge in [0.2, 0.25) is 11.5 Å². The third-order valence-electron chi connectivity index (χ3n) is 8.40. The molecule has 1 aromatic heterocycles. The summed E-state index contributed by atoms with van der Waals surface area (Å²) in [5.41, 5.74) is 4.06. The summed E-state index contributed by atoms with van der Waals surface area (Å²) in [5, 5.41) is 3.12. The summed E-state index contributed by atoms with van der Waals surface area (Å²) in [6, 6.07) is 12.1. The highest BCUT2D eigenvalue weighted by Crippen LogP contribution is 2.33. The number of nitrogens with zero attached hydrogens (tertiary/aromatic N) is 3. The van der Waals surface area contributed by atoms with Gasteiger partial charge in [-0.1, -0.05) is 26.3 Å². The zero-order chi connectivity index (χ0) is 28.1. The number of hydrogen-bond donors (Lipinski definition) is 2. The Morgan fingerprint density at radius 1 is 1.02 bits per heavy atom. The molecule has 0 spiro atoms. The lowest BCUT2D eigenvalue weighted by Gasteiger charge is -2.29. The molecule has 1 aliphatic heterocycles. The minimum atomic E-state index is -0.410. The smallest absolute Gasteiger partial charge is 0.280 e. The summed E-state index contributed by atoms with van der Waals surface area (Å²) in [6.45, 7) is 8.21. The Hall–Kier alpha value is -3.26. The second-order valence-corrected chi connectivity index (χ2v) is 11.9. The van der Waals surface area contributed by atoms with Crippen molar-refractivity contribution in [2.24, 2.45) is 16.8 Å². The maximum absolute atomic E-state index is 13.4. The second kappa shape index (κ2) is 12.9. The number of carbonyl (C=O) groups excluding carboxylic acids is 2. The molecule has 0 unspecified atom stereocenters. The van der Waals surface area contributed by atoms with Crippen LogP contribution in [0.3, 0.4) is 0 Å². The number of likely N-dealkylation sites (tertiary alicyclic amines) is 1. The van der Waals surface area contributed by atoms with Gasteiger partial charge in [0, 0.05) is 30.6 Å². The van der Waals surface area contributed by atoms with Crippen molar-refractivity contribution in [1.82, 2.24) is 19.8 Å². The van der Waals surface area contributed by atoms with E-state index in [2.05, 4.69) is 56.8 Å². The number of aromatic amines is 1. The average Bonchev–Trinajstić information content (AvgIpc) is 3.30. The van der Waals surface area contributed by atoms with Gasteiger partial charge in [0.25, 0.3) is 5.91 Å². The molecule has 3 aromatic rings. The summed E-state index contributed by atoms with van der Waals surface area (Å²) in [5.74, 6) is -0.0576. The number of aromatic nitrogens is 2. The van der Waals surface area contributed by atoms with Crippen LogP contribution in [0.25, 0.3) is 11.0 Å². The number of fused-ring (bicyclic) bond motifs is 1. The quantitative estimate of drug-likeness (QED) is 0.378. The van der Waals surface area contributed by atoms with Crippen molar-refractivity contribution in [2.45, 2.75) is 77.8 Å². The summed E-state index contributed by atoms with van der Waals surface area (Å²) in [4.78, 5) is 36.2. The molecule has 0 radical (unpaired) electrons. The van der Waals surface area contributed by atoms with Crippen LogP contribution in [-0.4, -0.2) is 45.9 Å². The van der Waals surface area contributed by atoms with E-state index >= 15 is 0 Å². The first kappa shape index (κ1) is 28.3. The molecule has 2 aliphatic rings. The van der Waals surface area contributed by atoms with Crippen LogP contribution in [0.2, 0.25) is 0 Å². The Labute approximate surface area is 235 Å². The molecule has 1 saturated carbocycles. The molecular weight excluding hydrogens is 505 g/mol. The minimum absolute atomic E-state index is 0.0186. The predicted molar refractivity (Wildman–Crippen MR) is 155 cm³/mol. The molecule has 214 valence electrons. The molecule has 5 rings (SSSR count). The van der Waals surface area contributed by atoms with Crippen LogP contribution in [0, 0.1) is 17.7 Å². The number of nitrogens with one attached hydrogen (secondary N) is 2. The molecule has 40 heavy (non-hydrogen) atoms. The van der Waals surface area contributed by atoms with Crippen LogP contribution >= 0.6 is 0 Å². The Morgan fingerprint density at radius 3 is 2.45 bits per heavy atom. The predicted octanol–water partition coefficient (Wildman–Crippen LogP) is 5.73. The summed E-state index contributed by atoms with van der Waals surface area (Å²) in [7, 11) is 0. The average molecular weight is 548 g/mol. The minimum Gasteiger partial charge on any atom is -0.356 e. The largest absolute Gasteiger partial charge is 0.356 e. The molecule has 2 N–H and O–H groups in total. The molecule has 8 heteroatoms. The van der Waals surface area contributed by atoms with Crippen LogP contribution in [-0.2, 0) is 11.3 Å². The van der Waals surface area contributed by atoms with Crippen molar-refractivity contribution in [3.05, 3.63) is 65.0 Å². The van der Waals surface area contributed by atoms with Crippen molar-refractivity contribution < 1.29 is 14.0 Å². The molecule has 2 amide bonds. The van der Waals surface area contributed by atoms with E-state index in [0.717, 1.165) is 69.3 Å². The maximum Gasteiger partial charge on any atom is 0.280 e. The third-order valence-corrected chi connectivity index (χ3v) is 8.40. The van der Waals surface area contributed by atoms with Gasteiger partial charge in [-0.2, -0.15) is 4.99 Å². The van der Waals surface area contributed by atoms with Crippen molar-refractivity contribution in [3.8, 4) is 0 Å². The van der Waals surface area contributed by atoms with Gasteiger partial charge in [0.1, 0.15) is 5.82 Å². The van der Waals surface area contributed by atoms with Gasteiger partial charge >= 0.3 is 0 Å². The number of carbonyl (C=O) groups is 2. The highest BCUT2D eigenvalue weighted by Gasteiger charge is 2.29. The van der Waals surface area contributed by atoms with Crippen LogP contribution in [0.1, 0.15) is 87.2 Å². The highest BCUT2D eigenvalue weighted by molar-refractivity contribution is 5.95. The van der Waals surface area contributed by atoms with Crippen molar-refractivity contribution in [2.75, 3.05) is 19.6 Å². The van der Waals surface area contributed by atoms with Crippen LogP contribution in [0.4, 0.5) is 4.39 Å². The zero-order valence-electron chi connectivity index (χ0n) is 23.8. The number of imidazole rings is 1. The van der Waals surface area contributed by atoms with Gasteiger partial charge in [-0.15, -0.1) is 0 Å². The second-order valence-electron chi connectivity index (χ2n) is 11.9. The standard InChI is InChI=1S/C32H42FN5O2/c1-22(2)16-17-34-30(39)24-9-13-27(14-10-24)38-29-20-23(21-37-18-4-3-5-19-37)6-15-28(29)35-32(38)36-31(40)25-7-11-26(33)12-8-25/h6-8,11-12,15,20,22,24,27H,3-5,9-10,13-14,16-19,21H2,1-2H3,(H,34,39)(H,35,36,40)/t24-,27+. The third kappa shape index (κ3) is 6.89. The number of amides is 2. The van der Waals surface area contributed by atoms with E-state index in [1.165, 1.54) is 49.1 Å². The fraction of sp³-hybridized carbons (Fsp3) is 0.531. The zero-order valence-corrected chi connectivity index (χ0v) is 23.8. The molecular formula is C32H42FN5O2. The van der Waals surface area contributed by atoms with Crippen LogP contribution in [0.15, 0.2) is 47.5 Å². The first-order valence-corrected chi connectivity index (χ1v) is 14.9. The van der Waals surface area contributed by atoms with Gasteiger partial charge < -0.3 is 14.9 Å². The molecule has 2 aromatic carbocycles. The maximum atomic E-state index is 13.4. The first-order chi connectivity index (χ1) is 19.4. The number of piperidine rings is 1. The summed E-state index contributed by atoms with van der Waals surface area (Å²) < 4.78 is 15.6. The normalized spacial score (nSPS) is 20.8. The van der Waals surface area contributed by atoms with Gasteiger partial charge in [0.15, 0.2) is 0 Å². The number of H-pyrrole nitrogens is 1. The molecule has 2 heterocycles. The lowest BCUT2D eigenvalue weighted by atomic mass is 9.85. The first-order valence-electron chi connectivity index (χ1n) is 14.9. The van der Waals surface area contributed by atoms with E-state index in [0.29, 0.717) is 17.1 Å². The highest BCUT2D eigenvalue weighted by atomic mass is 19.1. The van der Waals surface area contributed by atoms with Crippen LogP contribution in [0.5, 0.6) is 0 Å². The Kier molecular flexibility index (Phi) is 9.15. The number of halogens is 1. The lowest BCUT2D eigenvalue weighted by molar-refractivity contribution is -0.126. The fourth-order valence-corrected chi connectivity index (χ4v) is 6.08. The van der Waals surface area contributed by atoms with Crippen molar-refractivity contribution in [1.29, 1.82) is 0 Å². The van der Waals surface area contributed by atoms with E-state index in [9.17, 15) is 14.0 Å². The Morgan fingerprint density at radius 2 is 1.75 bits per heavy atom. The van der Waals surface area contributed by atoms with Crippen molar-refractivity contribution >= 4 is 22.8 Å². The van der Waals surface area contributed by atoms with Gasteiger partial charge in [-0.3, -0.25) is 14.5 Å². The lowest BCUT2D eigenvalue weighted by Crippen LogP contribution is -2.35. The SMILES string of the molecule is CC(C)CCNC(=O)[C@H]1CC[C@@H](n2/c(=N/C(=O)c3ccc(F)cc3)[nH]c3ccc(CN4CCCCC4)cc32)CC1. The number of hydrogen-bond acceptors (Lipinski definition) is 3. The van der Waals surface area contributed by atoms with Crippen molar-refractivity contribution in [3.63, 3.8) is 0 Å². The van der Waals surface area contributed by atoms with E-state index in [4.69, 9.17) is 0 Å². The van der Waals surface area contributed by atoms with Gasteiger partial charge in [-0.25, -0.2) is 4.39 Å². The summed E-state index contributed by atoms with van der Waals surface area (Å²) >= 11 is 0.